The van der Waals surface area contributed by atoms with Gasteiger partial charge in [0.1, 0.15) is 18.0 Å². The average Bonchev–Trinajstić information content (AvgIpc) is 3.01. The van der Waals surface area contributed by atoms with Gasteiger partial charge >= 0.3 is 0 Å². The number of aryl methyl sites for hydroxylation is 1. The number of imidazole rings is 1. The molecule has 1 aliphatic rings. The molecule has 1 atom stereocenters. The Hall–Kier alpha value is -2.82. The second-order valence-corrected chi connectivity index (χ2v) is 6.24. The number of ether oxygens (including phenoxy) is 1. The van der Waals surface area contributed by atoms with E-state index in [1.54, 1.807) is 0 Å². The molecule has 5 heteroatoms. The predicted molar refractivity (Wildman–Crippen MR) is 90.9 cm³/mol. The van der Waals surface area contributed by atoms with Gasteiger partial charge in [-0.25, -0.2) is 4.98 Å². The van der Waals surface area contributed by atoms with Gasteiger partial charge < -0.3 is 14.5 Å². The fraction of sp³-hybridized carbons (Fsp3) is 0.263. The van der Waals surface area contributed by atoms with Crippen LogP contribution in [0.2, 0.25) is 0 Å². The van der Waals surface area contributed by atoms with Crippen LogP contribution in [0.25, 0.3) is 5.65 Å². The lowest BCUT2D eigenvalue weighted by Gasteiger charge is -2.24. The molecule has 0 fully saturated rings. The molecule has 122 valence electrons. The second-order valence-electron chi connectivity index (χ2n) is 6.24. The van der Waals surface area contributed by atoms with E-state index in [-0.39, 0.29) is 11.8 Å². The zero-order valence-corrected chi connectivity index (χ0v) is 13.5. The third kappa shape index (κ3) is 2.85. The fourth-order valence-electron chi connectivity index (χ4n) is 3.06. The van der Waals surface area contributed by atoms with Gasteiger partial charge in [0.25, 0.3) is 0 Å². The minimum absolute atomic E-state index is 0.0118. The second kappa shape index (κ2) is 6.00. The molecule has 0 radical (unpaired) electrons. The topological polar surface area (TPSA) is 55.6 Å². The number of carbonyl (C=O) groups excluding carboxylic acids is 1. The van der Waals surface area contributed by atoms with Crippen molar-refractivity contribution in [2.75, 3.05) is 6.61 Å². The summed E-state index contributed by atoms with van der Waals surface area (Å²) in [4.78, 5) is 16.9. The van der Waals surface area contributed by atoms with Crippen LogP contribution in [0.15, 0.2) is 48.8 Å². The van der Waals surface area contributed by atoms with Gasteiger partial charge in [0, 0.05) is 12.4 Å². The number of nitrogens with one attached hydrogen (secondary N) is 1. The van der Waals surface area contributed by atoms with Crippen LogP contribution in [0.5, 0.6) is 5.75 Å². The highest BCUT2D eigenvalue weighted by molar-refractivity contribution is 5.79. The van der Waals surface area contributed by atoms with Crippen molar-refractivity contribution >= 4 is 11.6 Å². The maximum Gasteiger partial charge on any atom is 0.227 e. The van der Waals surface area contributed by atoms with Gasteiger partial charge in [0.15, 0.2) is 0 Å². The van der Waals surface area contributed by atoms with Crippen LogP contribution >= 0.6 is 0 Å². The molecule has 0 spiro atoms. The van der Waals surface area contributed by atoms with E-state index in [2.05, 4.69) is 10.3 Å². The lowest BCUT2D eigenvalue weighted by molar-refractivity contribution is -0.126. The molecule has 0 saturated carbocycles. The van der Waals surface area contributed by atoms with Crippen molar-refractivity contribution in [3.63, 3.8) is 0 Å². The minimum Gasteiger partial charge on any atom is -0.492 e. The number of fused-ring (bicyclic) bond motifs is 2. The molecule has 5 nitrogen and oxygen atoms in total. The summed E-state index contributed by atoms with van der Waals surface area (Å²) in [5.74, 6) is 0.745. The first-order valence-corrected chi connectivity index (χ1v) is 8.12. The lowest BCUT2D eigenvalue weighted by atomic mass is 9.96. The van der Waals surface area contributed by atoms with Crippen molar-refractivity contribution in [3.8, 4) is 5.75 Å². The molecule has 1 aromatic carbocycles. The smallest absolute Gasteiger partial charge is 0.227 e. The first-order valence-electron chi connectivity index (χ1n) is 8.12. The Morgan fingerprint density at radius 2 is 2.17 bits per heavy atom. The Kier molecular flexibility index (Phi) is 3.69. The molecule has 0 saturated heterocycles. The van der Waals surface area contributed by atoms with Crippen LogP contribution < -0.4 is 10.1 Å². The largest absolute Gasteiger partial charge is 0.492 e. The average molecular weight is 321 g/mol. The van der Waals surface area contributed by atoms with Gasteiger partial charge in [-0.3, -0.25) is 4.79 Å². The third-order valence-electron chi connectivity index (χ3n) is 4.34. The van der Waals surface area contributed by atoms with Gasteiger partial charge in [0.05, 0.1) is 18.2 Å². The van der Waals surface area contributed by atoms with E-state index in [1.807, 2.05) is 60.1 Å². The fourth-order valence-corrected chi connectivity index (χ4v) is 3.06. The third-order valence-corrected chi connectivity index (χ3v) is 4.34. The Bertz CT molecular complexity index is 901. The van der Waals surface area contributed by atoms with E-state index in [0.717, 1.165) is 22.7 Å². The molecule has 1 N–H and O–H groups in total. The minimum atomic E-state index is -0.154. The van der Waals surface area contributed by atoms with E-state index < -0.39 is 0 Å². The quantitative estimate of drug-likeness (QED) is 0.806. The molecular formula is C19H19N3O2. The molecule has 1 amide bonds. The summed E-state index contributed by atoms with van der Waals surface area (Å²) in [6, 6.07) is 11.9. The molecular weight excluding hydrogens is 302 g/mol. The zero-order chi connectivity index (χ0) is 16.5. The molecule has 3 heterocycles. The summed E-state index contributed by atoms with van der Waals surface area (Å²) in [7, 11) is 0. The number of hydrogen-bond donors (Lipinski definition) is 1. The SMILES string of the molecule is Cc1ccc2nc(CNC(=O)C3COc4ccccc4C3)cn2c1. The number of hydrogen-bond acceptors (Lipinski definition) is 3. The first kappa shape index (κ1) is 14.8. The van der Waals surface area contributed by atoms with Crippen LogP contribution in [-0.2, 0) is 17.8 Å². The Labute approximate surface area is 140 Å². The van der Waals surface area contributed by atoms with Crippen molar-refractivity contribution in [1.29, 1.82) is 0 Å². The molecule has 1 unspecified atom stereocenters. The van der Waals surface area contributed by atoms with Gasteiger partial charge in [-0.05, 0) is 36.6 Å². The highest BCUT2D eigenvalue weighted by Gasteiger charge is 2.25. The van der Waals surface area contributed by atoms with Gasteiger partial charge in [-0.1, -0.05) is 24.3 Å². The molecule has 24 heavy (non-hydrogen) atoms. The number of nitrogens with zero attached hydrogens (tertiary/aromatic N) is 2. The Morgan fingerprint density at radius 1 is 1.29 bits per heavy atom. The molecule has 4 rings (SSSR count). The molecule has 3 aromatic rings. The van der Waals surface area contributed by atoms with Crippen molar-refractivity contribution < 1.29 is 9.53 Å². The van der Waals surface area contributed by atoms with E-state index in [9.17, 15) is 4.79 Å². The summed E-state index contributed by atoms with van der Waals surface area (Å²) in [5.41, 5.74) is 4.01. The molecule has 0 bridgehead atoms. The maximum absolute atomic E-state index is 12.4. The van der Waals surface area contributed by atoms with Gasteiger partial charge in [-0.15, -0.1) is 0 Å². The number of benzene rings is 1. The predicted octanol–water partition coefficient (Wildman–Crippen LogP) is 2.51. The lowest BCUT2D eigenvalue weighted by Crippen LogP contribution is -2.37. The standard InChI is InChI=1S/C19H19N3O2/c1-13-6-7-18-21-16(11-22(18)10-13)9-20-19(23)15-8-14-4-2-3-5-17(14)24-12-15/h2-7,10-11,15H,8-9,12H2,1H3,(H,20,23). The molecule has 2 aromatic heterocycles. The maximum atomic E-state index is 12.4. The number of carbonyl (C=O) groups is 1. The number of amides is 1. The zero-order valence-electron chi connectivity index (χ0n) is 13.5. The van der Waals surface area contributed by atoms with Crippen molar-refractivity contribution in [3.05, 3.63) is 65.6 Å². The Balaban J connectivity index is 1.41. The number of para-hydroxylation sites is 1. The summed E-state index contributed by atoms with van der Waals surface area (Å²) >= 11 is 0. The summed E-state index contributed by atoms with van der Waals surface area (Å²) < 4.78 is 7.67. The van der Waals surface area contributed by atoms with Crippen LogP contribution in [0.3, 0.4) is 0 Å². The van der Waals surface area contributed by atoms with E-state index in [4.69, 9.17) is 4.74 Å². The number of pyridine rings is 1. The van der Waals surface area contributed by atoms with E-state index in [0.29, 0.717) is 19.6 Å². The van der Waals surface area contributed by atoms with Crippen LogP contribution in [-0.4, -0.2) is 21.9 Å². The van der Waals surface area contributed by atoms with Crippen molar-refractivity contribution in [2.24, 2.45) is 5.92 Å². The molecule has 1 aliphatic heterocycles. The normalized spacial score (nSPS) is 16.5. The van der Waals surface area contributed by atoms with E-state index in [1.165, 1.54) is 5.56 Å². The van der Waals surface area contributed by atoms with Crippen LogP contribution in [0, 0.1) is 12.8 Å². The summed E-state index contributed by atoms with van der Waals surface area (Å²) in [5, 5.41) is 2.98. The van der Waals surface area contributed by atoms with Crippen LogP contribution in [0.4, 0.5) is 0 Å². The van der Waals surface area contributed by atoms with Crippen LogP contribution in [0.1, 0.15) is 16.8 Å². The van der Waals surface area contributed by atoms with Gasteiger partial charge in [-0.2, -0.15) is 0 Å². The Morgan fingerprint density at radius 3 is 3.08 bits per heavy atom. The highest BCUT2D eigenvalue weighted by Crippen LogP contribution is 2.26. The summed E-state index contributed by atoms with van der Waals surface area (Å²) in [6.07, 6.45) is 4.70. The van der Waals surface area contributed by atoms with E-state index >= 15 is 0 Å². The van der Waals surface area contributed by atoms with Crippen molar-refractivity contribution in [2.45, 2.75) is 19.9 Å². The van der Waals surface area contributed by atoms with Gasteiger partial charge in [0.2, 0.25) is 5.91 Å². The number of aromatic nitrogens is 2. The van der Waals surface area contributed by atoms with Crippen molar-refractivity contribution in [1.82, 2.24) is 14.7 Å². The highest BCUT2D eigenvalue weighted by atomic mass is 16.5. The molecule has 0 aliphatic carbocycles. The summed E-state index contributed by atoms with van der Waals surface area (Å²) in [6.45, 7) is 2.90. The monoisotopic (exact) mass is 321 g/mol. The first-order chi connectivity index (χ1) is 11.7. The number of rotatable bonds is 3.